The Morgan fingerprint density at radius 1 is 1.23 bits per heavy atom. The first kappa shape index (κ1) is 19.9. The van der Waals surface area contributed by atoms with E-state index in [1.165, 1.54) is 23.2 Å². The van der Waals surface area contributed by atoms with Gasteiger partial charge in [-0.05, 0) is 18.2 Å². The number of H-pyrrole nitrogens is 1. The minimum atomic E-state index is -1.38. The lowest BCUT2D eigenvalue weighted by Gasteiger charge is -2.38. The standard InChI is InChI=1S/C19H19N5O6/c25-15-12(22-18(28)11-5-6-20-9-21-11)8-30-14(16(15)26)7-24-13-4-2-1-3-10(13)17(27)23-19(24)29/h1-6,9,12,14-16,25-26H,7-8H2,(H,22,28)(H,23,27,29)/t12-,14-,15+,16-/m1/s1. The van der Waals surface area contributed by atoms with Crippen molar-refractivity contribution in [2.75, 3.05) is 6.61 Å². The number of aromatic amines is 1. The molecular formula is C19H19N5O6. The van der Waals surface area contributed by atoms with Crippen molar-refractivity contribution < 1.29 is 19.7 Å². The van der Waals surface area contributed by atoms with E-state index in [1.807, 2.05) is 0 Å². The molecular weight excluding hydrogens is 394 g/mol. The molecule has 156 valence electrons. The van der Waals surface area contributed by atoms with Gasteiger partial charge in [0.2, 0.25) is 0 Å². The van der Waals surface area contributed by atoms with Crippen LogP contribution in [-0.4, -0.2) is 66.6 Å². The Hall–Kier alpha value is -3.41. The molecule has 4 atom stereocenters. The molecule has 3 aromatic rings. The summed E-state index contributed by atoms with van der Waals surface area (Å²) in [5.41, 5.74) is -0.663. The Bertz CT molecular complexity index is 1180. The van der Waals surface area contributed by atoms with Crippen molar-refractivity contribution in [1.82, 2.24) is 24.8 Å². The fourth-order valence-electron chi connectivity index (χ4n) is 3.44. The summed E-state index contributed by atoms with van der Waals surface area (Å²) in [7, 11) is 0. The maximum Gasteiger partial charge on any atom is 0.328 e. The predicted octanol–water partition coefficient (Wildman–Crippen LogP) is -1.60. The number of hydrogen-bond acceptors (Lipinski definition) is 8. The van der Waals surface area contributed by atoms with Gasteiger partial charge in [-0.15, -0.1) is 0 Å². The van der Waals surface area contributed by atoms with Crippen LogP contribution in [0.5, 0.6) is 0 Å². The van der Waals surface area contributed by atoms with Crippen LogP contribution in [0.3, 0.4) is 0 Å². The van der Waals surface area contributed by atoms with Gasteiger partial charge in [-0.3, -0.25) is 19.1 Å². The largest absolute Gasteiger partial charge is 0.388 e. The van der Waals surface area contributed by atoms with E-state index in [2.05, 4.69) is 20.3 Å². The van der Waals surface area contributed by atoms with Crippen LogP contribution in [0.1, 0.15) is 10.5 Å². The molecule has 1 aromatic carbocycles. The molecule has 4 N–H and O–H groups in total. The van der Waals surface area contributed by atoms with Crippen LogP contribution in [0, 0.1) is 0 Å². The maximum atomic E-state index is 12.3. The van der Waals surface area contributed by atoms with Gasteiger partial charge in [0, 0.05) is 6.20 Å². The smallest absolute Gasteiger partial charge is 0.328 e. The average molecular weight is 413 g/mol. The number of rotatable bonds is 4. The predicted molar refractivity (Wildman–Crippen MR) is 104 cm³/mol. The molecule has 11 heteroatoms. The fraction of sp³-hybridized carbons (Fsp3) is 0.316. The molecule has 30 heavy (non-hydrogen) atoms. The van der Waals surface area contributed by atoms with Crippen LogP contribution in [0.4, 0.5) is 0 Å². The molecule has 1 aliphatic heterocycles. The van der Waals surface area contributed by atoms with Gasteiger partial charge in [-0.25, -0.2) is 14.8 Å². The molecule has 0 saturated carbocycles. The molecule has 0 aliphatic carbocycles. The number of hydrogen-bond donors (Lipinski definition) is 4. The summed E-state index contributed by atoms with van der Waals surface area (Å²) in [4.78, 5) is 46.3. The van der Waals surface area contributed by atoms with Gasteiger partial charge >= 0.3 is 5.69 Å². The van der Waals surface area contributed by atoms with Crippen LogP contribution >= 0.6 is 0 Å². The van der Waals surface area contributed by atoms with Gasteiger partial charge in [-0.1, -0.05) is 12.1 Å². The molecule has 1 aliphatic rings. The number of nitrogens with zero attached hydrogens (tertiary/aromatic N) is 3. The van der Waals surface area contributed by atoms with Gasteiger partial charge in [0.15, 0.2) is 0 Å². The molecule has 0 radical (unpaired) electrons. The number of aliphatic hydroxyl groups is 2. The summed E-state index contributed by atoms with van der Waals surface area (Å²) in [6.07, 6.45) is -1.02. The van der Waals surface area contributed by atoms with Crippen LogP contribution in [-0.2, 0) is 11.3 Å². The second-order valence-electron chi connectivity index (χ2n) is 6.91. The minimum absolute atomic E-state index is 0.0875. The highest BCUT2D eigenvalue weighted by Gasteiger charge is 2.39. The van der Waals surface area contributed by atoms with Crippen LogP contribution < -0.4 is 16.6 Å². The number of nitrogens with one attached hydrogen (secondary N) is 2. The Morgan fingerprint density at radius 3 is 2.80 bits per heavy atom. The summed E-state index contributed by atoms with van der Waals surface area (Å²) >= 11 is 0. The second kappa shape index (κ2) is 8.14. The summed E-state index contributed by atoms with van der Waals surface area (Å²) in [5.74, 6) is -0.543. The molecule has 3 heterocycles. The Morgan fingerprint density at radius 2 is 2.03 bits per heavy atom. The third-order valence-corrected chi connectivity index (χ3v) is 5.03. The number of ether oxygens (including phenoxy) is 1. The van der Waals surface area contributed by atoms with Crippen molar-refractivity contribution in [3.05, 3.63) is 69.4 Å². The van der Waals surface area contributed by atoms with E-state index in [-0.39, 0.29) is 18.8 Å². The lowest BCUT2D eigenvalue weighted by atomic mass is 9.97. The van der Waals surface area contributed by atoms with Crippen LogP contribution in [0.2, 0.25) is 0 Å². The summed E-state index contributed by atoms with van der Waals surface area (Å²) in [5, 5.41) is 23.9. The molecule has 1 fully saturated rings. The molecule has 0 spiro atoms. The fourth-order valence-corrected chi connectivity index (χ4v) is 3.44. The van der Waals surface area contributed by atoms with Crippen molar-refractivity contribution in [3.8, 4) is 0 Å². The molecule has 0 bridgehead atoms. The third kappa shape index (κ3) is 3.73. The number of benzene rings is 1. The molecule has 0 unspecified atom stereocenters. The van der Waals surface area contributed by atoms with Gasteiger partial charge in [-0.2, -0.15) is 0 Å². The summed E-state index contributed by atoms with van der Waals surface area (Å²) in [6, 6.07) is 7.09. The van der Waals surface area contributed by atoms with Gasteiger partial charge in [0.05, 0.1) is 30.1 Å². The Balaban J connectivity index is 1.51. The lowest BCUT2D eigenvalue weighted by molar-refractivity contribution is -0.152. The van der Waals surface area contributed by atoms with Crippen LogP contribution in [0.15, 0.2) is 52.4 Å². The van der Waals surface area contributed by atoms with Crippen molar-refractivity contribution in [2.45, 2.75) is 30.9 Å². The van der Waals surface area contributed by atoms with Crippen molar-refractivity contribution in [2.24, 2.45) is 0 Å². The molecule has 11 nitrogen and oxygen atoms in total. The highest BCUT2D eigenvalue weighted by Crippen LogP contribution is 2.18. The number of carbonyl (C=O) groups excluding carboxylic acids is 1. The van der Waals surface area contributed by atoms with Gasteiger partial charge in [0.25, 0.3) is 11.5 Å². The number of carbonyl (C=O) groups is 1. The molecule has 1 amide bonds. The Kier molecular flexibility index (Phi) is 5.40. The quantitative estimate of drug-likeness (QED) is 0.398. The lowest BCUT2D eigenvalue weighted by Crippen LogP contribution is -2.60. The van der Waals surface area contributed by atoms with Crippen molar-refractivity contribution in [3.63, 3.8) is 0 Å². The van der Waals surface area contributed by atoms with E-state index in [4.69, 9.17) is 4.74 Å². The Labute approximate surface area is 169 Å². The minimum Gasteiger partial charge on any atom is -0.388 e. The van der Waals surface area contributed by atoms with Crippen molar-refractivity contribution >= 4 is 16.8 Å². The highest BCUT2D eigenvalue weighted by molar-refractivity contribution is 5.92. The zero-order valence-electron chi connectivity index (χ0n) is 15.6. The summed E-state index contributed by atoms with van der Waals surface area (Å²) in [6.45, 7) is -0.184. The van der Waals surface area contributed by atoms with E-state index < -0.39 is 41.5 Å². The molecule has 4 rings (SSSR count). The first-order valence-corrected chi connectivity index (χ1v) is 9.22. The first-order chi connectivity index (χ1) is 14.5. The zero-order valence-corrected chi connectivity index (χ0v) is 15.6. The third-order valence-electron chi connectivity index (χ3n) is 5.03. The first-order valence-electron chi connectivity index (χ1n) is 9.22. The van der Waals surface area contributed by atoms with Gasteiger partial charge < -0.3 is 20.3 Å². The maximum absolute atomic E-state index is 12.3. The highest BCUT2D eigenvalue weighted by atomic mass is 16.5. The number of para-hydroxylation sites is 1. The van der Waals surface area contributed by atoms with Crippen LogP contribution in [0.25, 0.3) is 10.9 Å². The van der Waals surface area contributed by atoms with Gasteiger partial charge in [0.1, 0.15) is 30.3 Å². The number of aliphatic hydroxyl groups excluding tert-OH is 2. The molecule has 1 saturated heterocycles. The monoisotopic (exact) mass is 413 g/mol. The van der Waals surface area contributed by atoms with Crippen molar-refractivity contribution in [1.29, 1.82) is 0 Å². The summed E-state index contributed by atoms with van der Waals surface area (Å²) < 4.78 is 6.91. The SMILES string of the molecule is O=C(N[C@@H]1CO[C@H](Cn2c(=O)[nH]c(=O)c3ccccc32)[C@@H](O)[C@H]1O)c1ccncn1. The second-order valence-corrected chi connectivity index (χ2v) is 6.91. The van der Waals surface area contributed by atoms with E-state index >= 15 is 0 Å². The van der Waals surface area contributed by atoms with E-state index in [0.717, 1.165) is 0 Å². The van der Waals surface area contributed by atoms with E-state index in [9.17, 15) is 24.6 Å². The van der Waals surface area contributed by atoms with E-state index in [0.29, 0.717) is 10.9 Å². The zero-order chi connectivity index (χ0) is 21.3. The number of amides is 1. The normalized spacial score (nSPS) is 23.9. The van der Waals surface area contributed by atoms with E-state index in [1.54, 1.807) is 24.3 Å². The average Bonchev–Trinajstić information content (AvgIpc) is 2.76. The number of aromatic nitrogens is 4. The number of fused-ring (bicyclic) bond motifs is 1. The topological polar surface area (TPSA) is 159 Å². The molecule has 2 aromatic heterocycles.